The Morgan fingerprint density at radius 3 is 2.65 bits per heavy atom. The molecule has 8 heteroatoms. The predicted molar refractivity (Wildman–Crippen MR) is 102 cm³/mol. The number of aromatic amines is 1. The lowest BCUT2D eigenvalue weighted by Crippen LogP contribution is -2.59. The van der Waals surface area contributed by atoms with Gasteiger partial charge in [-0.15, -0.1) is 0 Å². The molecule has 2 saturated heterocycles. The highest BCUT2D eigenvalue weighted by Crippen LogP contribution is 2.22. The topological polar surface area (TPSA) is 102 Å². The molecule has 0 amide bonds. The van der Waals surface area contributed by atoms with Crippen molar-refractivity contribution in [2.24, 2.45) is 17.6 Å². The third kappa shape index (κ3) is 3.93. The van der Waals surface area contributed by atoms with Crippen LogP contribution in [0.2, 0.25) is 0 Å². The van der Waals surface area contributed by atoms with Crippen LogP contribution < -0.4 is 26.8 Å². The van der Waals surface area contributed by atoms with Crippen molar-refractivity contribution in [1.82, 2.24) is 25.5 Å². The van der Waals surface area contributed by atoms with Crippen LogP contribution in [0.15, 0.2) is 4.79 Å². The lowest BCUT2D eigenvalue weighted by Gasteiger charge is -2.35. The Labute approximate surface area is 154 Å². The zero-order valence-electron chi connectivity index (χ0n) is 15.6. The smallest absolute Gasteiger partial charge is 0.255 e. The Morgan fingerprint density at radius 2 is 1.92 bits per heavy atom. The third-order valence-electron chi connectivity index (χ3n) is 5.99. The Hall–Kier alpha value is -1.48. The molecule has 26 heavy (non-hydrogen) atoms. The van der Waals surface area contributed by atoms with Gasteiger partial charge < -0.3 is 10.6 Å². The number of hydrogen-bond acceptors (Lipinski definition) is 7. The lowest BCUT2D eigenvalue weighted by atomic mass is 9.99. The third-order valence-corrected chi connectivity index (χ3v) is 5.99. The van der Waals surface area contributed by atoms with E-state index in [1.807, 2.05) is 0 Å². The summed E-state index contributed by atoms with van der Waals surface area (Å²) in [5.74, 6) is 2.05. The quantitative estimate of drug-likeness (QED) is 0.571. The molecule has 4 heterocycles. The first-order chi connectivity index (χ1) is 12.6. The lowest BCUT2D eigenvalue weighted by molar-refractivity contribution is 0.180. The minimum Gasteiger partial charge on any atom is -0.342 e. The second kappa shape index (κ2) is 7.64. The number of nitrogens with one attached hydrogen (secondary N) is 3. The molecule has 1 aromatic rings. The second-order valence-corrected chi connectivity index (χ2v) is 8.13. The number of nitrogens with two attached hydrogens (primary N) is 1. The van der Waals surface area contributed by atoms with Crippen molar-refractivity contribution >= 4 is 5.95 Å². The van der Waals surface area contributed by atoms with Crippen molar-refractivity contribution in [2.75, 3.05) is 44.2 Å². The molecule has 1 aromatic heterocycles. The van der Waals surface area contributed by atoms with Crippen LogP contribution in [0.5, 0.6) is 0 Å². The fraction of sp³-hybridized carbons (Fsp3) is 0.778. The molecule has 0 radical (unpaired) electrons. The summed E-state index contributed by atoms with van der Waals surface area (Å²) in [6.07, 6.45) is 3.01. The Morgan fingerprint density at radius 1 is 1.19 bits per heavy atom. The SMILES string of the molecule is CC1CCN(c2nc3c(c(=O)[nH]2)CCN(CC2CNC(N)NC2)C3)CC1. The average Bonchev–Trinajstić information content (AvgIpc) is 2.64. The molecule has 5 N–H and O–H groups in total. The van der Waals surface area contributed by atoms with Gasteiger partial charge in [-0.3, -0.25) is 25.3 Å². The summed E-state index contributed by atoms with van der Waals surface area (Å²) in [6.45, 7) is 8.78. The summed E-state index contributed by atoms with van der Waals surface area (Å²) in [5, 5.41) is 6.54. The van der Waals surface area contributed by atoms with E-state index in [1.165, 1.54) is 0 Å². The van der Waals surface area contributed by atoms with E-state index in [2.05, 4.69) is 32.3 Å². The molecular weight excluding hydrogens is 330 g/mol. The van der Waals surface area contributed by atoms with Gasteiger partial charge in [-0.05, 0) is 31.1 Å². The number of anilines is 1. The van der Waals surface area contributed by atoms with E-state index in [-0.39, 0.29) is 11.8 Å². The zero-order valence-corrected chi connectivity index (χ0v) is 15.6. The fourth-order valence-corrected chi connectivity index (χ4v) is 4.23. The predicted octanol–water partition coefficient (Wildman–Crippen LogP) is -0.584. The number of aromatic nitrogens is 2. The number of piperidine rings is 1. The first-order valence-corrected chi connectivity index (χ1v) is 9.90. The molecule has 8 nitrogen and oxygen atoms in total. The van der Waals surface area contributed by atoms with Gasteiger partial charge in [0.05, 0.1) is 5.69 Å². The normalized spacial score (nSPS) is 28.2. The van der Waals surface area contributed by atoms with Gasteiger partial charge >= 0.3 is 0 Å². The maximum atomic E-state index is 12.5. The van der Waals surface area contributed by atoms with Crippen molar-refractivity contribution in [3.63, 3.8) is 0 Å². The van der Waals surface area contributed by atoms with E-state index < -0.39 is 0 Å². The molecular formula is C18H31N7O. The highest BCUT2D eigenvalue weighted by molar-refractivity contribution is 5.34. The Balaban J connectivity index is 1.44. The van der Waals surface area contributed by atoms with Gasteiger partial charge in [0.1, 0.15) is 6.29 Å². The first-order valence-electron chi connectivity index (χ1n) is 9.90. The second-order valence-electron chi connectivity index (χ2n) is 8.13. The molecule has 0 saturated carbocycles. The van der Waals surface area contributed by atoms with Crippen LogP contribution >= 0.6 is 0 Å². The Kier molecular flexibility index (Phi) is 5.26. The Bertz CT molecular complexity index is 675. The van der Waals surface area contributed by atoms with Crippen molar-refractivity contribution < 1.29 is 0 Å². The van der Waals surface area contributed by atoms with Crippen LogP contribution in [0.3, 0.4) is 0 Å². The fourth-order valence-electron chi connectivity index (χ4n) is 4.23. The van der Waals surface area contributed by atoms with Gasteiger partial charge in [0.15, 0.2) is 0 Å². The van der Waals surface area contributed by atoms with Crippen LogP contribution in [0.1, 0.15) is 31.0 Å². The maximum Gasteiger partial charge on any atom is 0.255 e. The van der Waals surface area contributed by atoms with Crippen molar-refractivity contribution in [2.45, 2.75) is 39.0 Å². The summed E-state index contributed by atoms with van der Waals surface area (Å²) >= 11 is 0. The molecule has 0 atom stereocenters. The minimum atomic E-state index is -0.0941. The maximum absolute atomic E-state index is 12.5. The number of H-pyrrole nitrogens is 1. The zero-order chi connectivity index (χ0) is 18.1. The van der Waals surface area contributed by atoms with Crippen molar-refractivity contribution in [3.05, 3.63) is 21.6 Å². The summed E-state index contributed by atoms with van der Waals surface area (Å²) in [5.41, 5.74) is 7.70. The van der Waals surface area contributed by atoms with Crippen LogP contribution in [0.25, 0.3) is 0 Å². The molecule has 3 aliphatic rings. The van der Waals surface area contributed by atoms with E-state index in [9.17, 15) is 4.79 Å². The molecule has 0 aromatic carbocycles. The van der Waals surface area contributed by atoms with E-state index in [0.29, 0.717) is 5.92 Å². The highest BCUT2D eigenvalue weighted by Gasteiger charge is 2.26. The van der Waals surface area contributed by atoms with Gasteiger partial charge in [-0.2, -0.15) is 0 Å². The van der Waals surface area contributed by atoms with Gasteiger partial charge in [-0.1, -0.05) is 6.92 Å². The van der Waals surface area contributed by atoms with E-state index in [0.717, 1.165) is 88.2 Å². The van der Waals surface area contributed by atoms with E-state index >= 15 is 0 Å². The monoisotopic (exact) mass is 361 g/mol. The first kappa shape index (κ1) is 17.9. The molecule has 2 fully saturated rings. The average molecular weight is 361 g/mol. The molecule has 3 aliphatic heterocycles. The number of rotatable bonds is 3. The minimum absolute atomic E-state index is 0.0512. The summed E-state index contributed by atoms with van der Waals surface area (Å²) in [7, 11) is 0. The molecule has 0 spiro atoms. The molecule has 0 unspecified atom stereocenters. The highest BCUT2D eigenvalue weighted by atomic mass is 16.1. The van der Waals surface area contributed by atoms with Crippen molar-refractivity contribution in [3.8, 4) is 0 Å². The summed E-state index contributed by atoms with van der Waals surface area (Å²) in [6, 6.07) is 0. The number of hydrogen-bond donors (Lipinski definition) is 4. The molecule has 144 valence electrons. The van der Waals surface area contributed by atoms with Crippen LogP contribution in [0, 0.1) is 11.8 Å². The molecule has 4 rings (SSSR count). The van der Waals surface area contributed by atoms with Gasteiger partial charge in [0.25, 0.3) is 5.56 Å². The van der Waals surface area contributed by atoms with Crippen molar-refractivity contribution in [1.29, 1.82) is 0 Å². The molecule has 0 aliphatic carbocycles. The number of nitrogens with zero attached hydrogens (tertiary/aromatic N) is 3. The van der Waals surface area contributed by atoms with Crippen LogP contribution in [-0.4, -0.2) is 60.4 Å². The standard InChI is InChI=1S/C18H31N7O/c1-12-2-6-25(7-3-12)18-22-15-11-24(5-4-14(15)16(26)23-18)10-13-8-20-17(19)21-9-13/h12-13,17,20-21H,2-11,19H2,1H3,(H,22,23,26). The van der Waals surface area contributed by atoms with E-state index in [4.69, 9.17) is 10.7 Å². The largest absolute Gasteiger partial charge is 0.342 e. The summed E-state index contributed by atoms with van der Waals surface area (Å²) < 4.78 is 0. The van der Waals surface area contributed by atoms with Gasteiger partial charge in [0, 0.05) is 51.4 Å². The van der Waals surface area contributed by atoms with Gasteiger partial charge in [-0.25, -0.2) is 4.98 Å². The van der Waals surface area contributed by atoms with Crippen LogP contribution in [0.4, 0.5) is 5.95 Å². The van der Waals surface area contributed by atoms with Gasteiger partial charge in [0.2, 0.25) is 5.95 Å². The summed E-state index contributed by atoms with van der Waals surface area (Å²) in [4.78, 5) is 25.1. The number of fused-ring (bicyclic) bond motifs is 1. The van der Waals surface area contributed by atoms with Crippen LogP contribution in [-0.2, 0) is 13.0 Å². The van der Waals surface area contributed by atoms with E-state index in [1.54, 1.807) is 0 Å². The molecule has 0 bridgehead atoms.